The number of carbonyl (C=O) groups is 2. The molecule has 0 saturated carbocycles. The van der Waals surface area contributed by atoms with E-state index in [2.05, 4.69) is 0 Å². The standard InChI is InChI=1S/C9H17NO3/c1-5-9(4,8(12)13)10(6-2)7(3)11/h5-6H2,1-4H3,(H,12,13). The minimum absolute atomic E-state index is 0.200. The molecule has 4 heteroatoms. The highest BCUT2D eigenvalue weighted by Crippen LogP contribution is 2.19. The van der Waals surface area contributed by atoms with Crippen molar-refractivity contribution in [3.8, 4) is 0 Å². The Labute approximate surface area is 78.5 Å². The Bertz CT molecular complexity index is 215. The lowest BCUT2D eigenvalue weighted by molar-refractivity contribution is -0.157. The van der Waals surface area contributed by atoms with Crippen molar-refractivity contribution < 1.29 is 14.7 Å². The first kappa shape index (κ1) is 11.9. The molecule has 0 aliphatic heterocycles. The number of carbonyl (C=O) groups excluding carboxylic acids is 1. The number of amides is 1. The summed E-state index contributed by atoms with van der Waals surface area (Å²) in [6.07, 6.45) is 0.412. The van der Waals surface area contributed by atoms with Gasteiger partial charge in [0.2, 0.25) is 5.91 Å². The molecule has 0 fully saturated rings. The van der Waals surface area contributed by atoms with Gasteiger partial charge in [-0.05, 0) is 20.3 Å². The Kier molecular flexibility index (Phi) is 3.91. The minimum atomic E-state index is -1.07. The summed E-state index contributed by atoms with van der Waals surface area (Å²) in [5.74, 6) is -1.15. The number of hydrogen-bond donors (Lipinski definition) is 1. The van der Waals surface area contributed by atoms with Crippen LogP contribution in [0, 0.1) is 0 Å². The van der Waals surface area contributed by atoms with Crippen molar-refractivity contribution in [1.82, 2.24) is 4.90 Å². The normalized spacial score (nSPS) is 14.8. The second-order valence-electron chi connectivity index (χ2n) is 3.20. The Balaban J connectivity index is 4.91. The summed E-state index contributed by atoms with van der Waals surface area (Å²) in [6, 6.07) is 0. The van der Waals surface area contributed by atoms with E-state index in [1.54, 1.807) is 20.8 Å². The molecule has 0 aromatic carbocycles. The third-order valence-corrected chi connectivity index (χ3v) is 2.44. The molecule has 1 atom stereocenters. The zero-order valence-electron chi connectivity index (χ0n) is 8.63. The van der Waals surface area contributed by atoms with Gasteiger partial charge in [0.05, 0.1) is 0 Å². The van der Waals surface area contributed by atoms with Crippen LogP contribution >= 0.6 is 0 Å². The van der Waals surface area contributed by atoms with E-state index in [1.165, 1.54) is 11.8 Å². The monoisotopic (exact) mass is 187 g/mol. The fraction of sp³-hybridized carbons (Fsp3) is 0.778. The summed E-state index contributed by atoms with van der Waals surface area (Å²) in [7, 11) is 0. The average Bonchev–Trinajstić information content (AvgIpc) is 2.04. The Morgan fingerprint density at radius 3 is 1.92 bits per heavy atom. The lowest BCUT2D eigenvalue weighted by Crippen LogP contribution is -2.53. The summed E-state index contributed by atoms with van der Waals surface area (Å²) in [6.45, 7) is 6.92. The maximum atomic E-state index is 11.1. The zero-order valence-corrected chi connectivity index (χ0v) is 8.63. The van der Waals surface area contributed by atoms with Crippen molar-refractivity contribution in [2.75, 3.05) is 6.54 Å². The summed E-state index contributed by atoms with van der Waals surface area (Å²) in [5, 5.41) is 8.99. The van der Waals surface area contributed by atoms with E-state index >= 15 is 0 Å². The van der Waals surface area contributed by atoms with Gasteiger partial charge in [0.1, 0.15) is 5.54 Å². The van der Waals surface area contributed by atoms with E-state index in [1.807, 2.05) is 0 Å². The first-order chi connectivity index (χ1) is 5.90. The molecule has 4 nitrogen and oxygen atoms in total. The number of aliphatic carboxylic acids is 1. The molecule has 76 valence electrons. The van der Waals surface area contributed by atoms with Gasteiger partial charge in [-0.2, -0.15) is 0 Å². The van der Waals surface area contributed by atoms with Gasteiger partial charge in [0.15, 0.2) is 0 Å². The molecule has 0 aliphatic carbocycles. The molecule has 1 N–H and O–H groups in total. The highest BCUT2D eigenvalue weighted by molar-refractivity contribution is 5.85. The van der Waals surface area contributed by atoms with Crippen LogP contribution in [0.3, 0.4) is 0 Å². The fourth-order valence-electron chi connectivity index (χ4n) is 1.38. The maximum absolute atomic E-state index is 11.1. The van der Waals surface area contributed by atoms with Crippen LogP contribution in [-0.2, 0) is 9.59 Å². The lowest BCUT2D eigenvalue weighted by Gasteiger charge is -2.35. The summed E-state index contributed by atoms with van der Waals surface area (Å²) in [5.41, 5.74) is -1.07. The van der Waals surface area contributed by atoms with Crippen LogP contribution in [0.4, 0.5) is 0 Å². The van der Waals surface area contributed by atoms with Crippen LogP contribution < -0.4 is 0 Å². The molecule has 0 rings (SSSR count). The van der Waals surface area contributed by atoms with Crippen molar-refractivity contribution in [2.24, 2.45) is 0 Å². The van der Waals surface area contributed by atoms with Gasteiger partial charge in [0.25, 0.3) is 0 Å². The molecule has 0 bridgehead atoms. The largest absolute Gasteiger partial charge is 0.480 e. The van der Waals surface area contributed by atoms with Crippen molar-refractivity contribution in [3.05, 3.63) is 0 Å². The van der Waals surface area contributed by atoms with Crippen LogP contribution in [0.15, 0.2) is 0 Å². The summed E-state index contributed by atoms with van der Waals surface area (Å²) in [4.78, 5) is 23.5. The third kappa shape index (κ3) is 2.20. The molecule has 0 heterocycles. The van der Waals surface area contributed by atoms with E-state index < -0.39 is 11.5 Å². The SMILES string of the molecule is CCN(C(C)=O)C(C)(CC)C(=O)O. The molecular weight excluding hydrogens is 170 g/mol. The quantitative estimate of drug-likeness (QED) is 0.717. The Morgan fingerprint density at radius 1 is 1.38 bits per heavy atom. The van der Waals surface area contributed by atoms with Gasteiger partial charge in [-0.25, -0.2) is 4.79 Å². The number of nitrogens with zero attached hydrogens (tertiary/aromatic N) is 1. The van der Waals surface area contributed by atoms with E-state index in [4.69, 9.17) is 5.11 Å². The van der Waals surface area contributed by atoms with E-state index in [9.17, 15) is 9.59 Å². The minimum Gasteiger partial charge on any atom is -0.480 e. The first-order valence-electron chi connectivity index (χ1n) is 4.41. The van der Waals surface area contributed by atoms with Crippen molar-refractivity contribution in [3.63, 3.8) is 0 Å². The average molecular weight is 187 g/mol. The van der Waals surface area contributed by atoms with Crippen LogP contribution in [0.5, 0.6) is 0 Å². The van der Waals surface area contributed by atoms with Gasteiger partial charge in [-0.15, -0.1) is 0 Å². The van der Waals surface area contributed by atoms with Gasteiger partial charge in [0, 0.05) is 13.5 Å². The van der Waals surface area contributed by atoms with Crippen molar-refractivity contribution in [1.29, 1.82) is 0 Å². The highest BCUT2D eigenvalue weighted by atomic mass is 16.4. The van der Waals surface area contributed by atoms with Gasteiger partial charge in [-0.1, -0.05) is 6.92 Å². The Hall–Kier alpha value is -1.06. The molecule has 13 heavy (non-hydrogen) atoms. The number of rotatable bonds is 4. The number of hydrogen-bond acceptors (Lipinski definition) is 2. The number of carboxylic acid groups (broad SMARTS) is 1. The molecule has 0 aromatic rings. The molecule has 0 aromatic heterocycles. The number of likely N-dealkylation sites (N-methyl/N-ethyl adjacent to an activating group) is 1. The second-order valence-corrected chi connectivity index (χ2v) is 3.20. The van der Waals surface area contributed by atoms with Gasteiger partial charge in [-0.3, -0.25) is 4.79 Å². The molecule has 1 amide bonds. The summed E-state index contributed by atoms with van der Waals surface area (Å²) >= 11 is 0. The second kappa shape index (κ2) is 4.25. The van der Waals surface area contributed by atoms with Crippen LogP contribution in [-0.4, -0.2) is 34.0 Å². The van der Waals surface area contributed by atoms with Crippen LogP contribution in [0.1, 0.15) is 34.1 Å². The fourth-order valence-corrected chi connectivity index (χ4v) is 1.38. The molecular formula is C9H17NO3. The number of carboxylic acids is 1. The topological polar surface area (TPSA) is 57.6 Å². The van der Waals surface area contributed by atoms with Crippen LogP contribution in [0.25, 0.3) is 0 Å². The van der Waals surface area contributed by atoms with Gasteiger partial charge >= 0.3 is 5.97 Å². The van der Waals surface area contributed by atoms with E-state index in [0.717, 1.165) is 0 Å². The Morgan fingerprint density at radius 2 is 1.85 bits per heavy atom. The molecule has 0 saturated heterocycles. The van der Waals surface area contributed by atoms with E-state index in [0.29, 0.717) is 13.0 Å². The molecule has 1 unspecified atom stereocenters. The van der Waals surface area contributed by atoms with Gasteiger partial charge < -0.3 is 10.0 Å². The predicted molar refractivity (Wildman–Crippen MR) is 49.4 cm³/mol. The van der Waals surface area contributed by atoms with Crippen molar-refractivity contribution >= 4 is 11.9 Å². The molecule has 0 spiro atoms. The molecule has 0 radical (unpaired) electrons. The van der Waals surface area contributed by atoms with Crippen molar-refractivity contribution in [2.45, 2.75) is 39.7 Å². The summed E-state index contributed by atoms with van der Waals surface area (Å²) < 4.78 is 0. The third-order valence-electron chi connectivity index (χ3n) is 2.44. The first-order valence-corrected chi connectivity index (χ1v) is 4.41. The van der Waals surface area contributed by atoms with Crippen LogP contribution in [0.2, 0.25) is 0 Å². The molecule has 0 aliphatic rings. The predicted octanol–water partition coefficient (Wildman–Crippen LogP) is 1.11. The highest BCUT2D eigenvalue weighted by Gasteiger charge is 2.38. The maximum Gasteiger partial charge on any atom is 0.329 e. The smallest absolute Gasteiger partial charge is 0.329 e. The zero-order chi connectivity index (χ0) is 10.6. The lowest BCUT2D eigenvalue weighted by atomic mass is 9.96. The van der Waals surface area contributed by atoms with E-state index in [-0.39, 0.29) is 5.91 Å².